The summed E-state index contributed by atoms with van der Waals surface area (Å²) in [6, 6.07) is 12.9. The van der Waals surface area contributed by atoms with Crippen molar-refractivity contribution in [2.45, 2.75) is 13.0 Å². The van der Waals surface area contributed by atoms with Crippen LogP contribution in [-0.2, 0) is 9.59 Å². The van der Waals surface area contributed by atoms with Gasteiger partial charge in [-0.3, -0.25) is 19.7 Å². The first-order valence-electron chi connectivity index (χ1n) is 8.83. The fourth-order valence-corrected chi connectivity index (χ4v) is 3.28. The minimum absolute atomic E-state index is 0.0141. The Labute approximate surface area is 173 Å². The van der Waals surface area contributed by atoms with Gasteiger partial charge in [0.25, 0.3) is 5.69 Å². The number of carbonyl (C=O) groups is 2. The molecule has 0 aliphatic heterocycles. The van der Waals surface area contributed by atoms with Crippen molar-refractivity contribution in [1.29, 1.82) is 0 Å². The maximum atomic E-state index is 12.4. The lowest BCUT2D eigenvalue weighted by Gasteiger charge is -2.25. The monoisotopic (exact) mass is 417 g/mol. The number of amides is 2. The molecule has 29 heavy (non-hydrogen) atoms. The van der Waals surface area contributed by atoms with Crippen LogP contribution in [0.4, 0.5) is 11.4 Å². The molecule has 0 unspecified atom stereocenters. The summed E-state index contributed by atoms with van der Waals surface area (Å²) >= 11 is 1.21. The van der Waals surface area contributed by atoms with Crippen LogP contribution in [0, 0.1) is 10.1 Å². The molecular weight excluding hydrogens is 394 g/mol. The zero-order valence-corrected chi connectivity index (χ0v) is 17.3. The number of hydrogen-bond donors (Lipinski definition) is 1. The number of methoxy groups -OCH3 is 1. The third-order valence-electron chi connectivity index (χ3n) is 4.37. The highest BCUT2D eigenvalue weighted by atomic mass is 32.2. The predicted molar refractivity (Wildman–Crippen MR) is 113 cm³/mol. The lowest BCUT2D eigenvalue weighted by molar-refractivity contribution is -0.384. The van der Waals surface area contributed by atoms with Crippen LogP contribution >= 0.6 is 11.8 Å². The van der Waals surface area contributed by atoms with Crippen LogP contribution in [-0.4, -0.2) is 47.3 Å². The van der Waals surface area contributed by atoms with E-state index in [4.69, 9.17) is 4.74 Å². The highest BCUT2D eigenvalue weighted by molar-refractivity contribution is 8.00. The van der Waals surface area contributed by atoms with E-state index in [0.717, 1.165) is 0 Å². The number of nitrogens with one attached hydrogen (secondary N) is 1. The van der Waals surface area contributed by atoms with Crippen molar-refractivity contribution in [1.82, 2.24) is 4.90 Å². The largest absolute Gasteiger partial charge is 0.497 e. The molecule has 2 aromatic carbocycles. The van der Waals surface area contributed by atoms with Gasteiger partial charge in [0.15, 0.2) is 0 Å². The number of anilines is 1. The van der Waals surface area contributed by atoms with Gasteiger partial charge in [-0.1, -0.05) is 12.1 Å². The van der Waals surface area contributed by atoms with E-state index < -0.39 is 4.92 Å². The summed E-state index contributed by atoms with van der Waals surface area (Å²) < 4.78 is 5.06. The summed E-state index contributed by atoms with van der Waals surface area (Å²) in [5, 5.41) is 13.7. The summed E-state index contributed by atoms with van der Waals surface area (Å²) in [4.78, 5) is 36.4. The standard InChI is InChI=1S/C20H23N3O5S/c1-14(15-5-4-6-17(11-15)23(26)27)22(2)20(25)13-29-12-19(24)21-16-7-9-18(28-3)10-8-16/h4-11,14H,12-13H2,1-3H3,(H,21,24)/t14-/m1/s1. The average molecular weight is 417 g/mol. The van der Waals surface area contributed by atoms with Crippen LogP contribution < -0.4 is 10.1 Å². The van der Waals surface area contributed by atoms with Gasteiger partial charge in [-0.05, 0) is 36.8 Å². The molecule has 0 aliphatic rings. The maximum absolute atomic E-state index is 12.4. The second kappa shape index (κ2) is 10.5. The number of carbonyl (C=O) groups excluding carboxylic acids is 2. The van der Waals surface area contributed by atoms with Crippen LogP contribution in [0.3, 0.4) is 0 Å². The van der Waals surface area contributed by atoms with Crippen molar-refractivity contribution in [2.75, 3.05) is 31.0 Å². The molecule has 2 aromatic rings. The number of hydrogen-bond acceptors (Lipinski definition) is 6. The lowest BCUT2D eigenvalue weighted by atomic mass is 10.1. The molecule has 0 spiro atoms. The summed E-state index contributed by atoms with van der Waals surface area (Å²) in [6.45, 7) is 1.80. The van der Waals surface area contributed by atoms with E-state index in [1.54, 1.807) is 57.5 Å². The van der Waals surface area contributed by atoms with Gasteiger partial charge >= 0.3 is 0 Å². The van der Waals surface area contributed by atoms with Gasteiger partial charge in [0.05, 0.1) is 29.6 Å². The first-order chi connectivity index (χ1) is 13.8. The summed E-state index contributed by atoms with van der Waals surface area (Å²) in [5.74, 6) is 0.597. The third kappa shape index (κ3) is 6.49. The Balaban J connectivity index is 1.82. The van der Waals surface area contributed by atoms with Gasteiger partial charge in [0.2, 0.25) is 11.8 Å². The zero-order chi connectivity index (χ0) is 21.4. The molecule has 1 atom stereocenters. The minimum Gasteiger partial charge on any atom is -0.497 e. The van der Waals surface area contributed by atoms with Crippen LogP contribution in [0.2, 0.25) is 0 Å². The highest BCUT2D eigenvalue weighted by Crippen LogP contribution is 2.23. The number of non-ortho nitro benzene ring substituents is 1. The smallest absolute Gasteiger partial charge is 0.269 e. The minimum atomic E-state index is -0.463. The van der Waals surface area contributed by atoms with Crippen molar-refractivity contribution >= 4 is 35.0 Å². The summed E-state index contributed by atoms with van der Waals surface area (Å²) in [7, 11) is 3.21. The predicted octanol–water partition coefficient (Wildman–Crippen LogP) is 3.49. The van der Waals surface area contributed by atoms with E-state index in [-0.39, 0.29) is 35.0 Å². The van der Waals surface area contributed by atoms with Crippen molar-refractivity contribution in [3.63, 3.8) is 0 Å². The molecule has 0 aromatic heterocycles. The normalized spacial score (nSPS) is 11.4. The van der Waals surface area contributed by atoms with E-state index in [1.165, 1.54) is 28.8 Å². The SMILES string of the molecule is COc1ccc(NC(=O)CSCC(=O)N(C)[C@H](C)c2cccc([N+](=O)[O-])c2)cc1. The Kier molecular flexibility index (Phi) is 8.02. The highest BCUT2D eigenvalue weighted by Gasteiger charge is 2.19. The van der Waals surface area contributed by atoms with Crippen molar-refractivity contribution in [2.24, 2.45) is 0 Å². The van der Waals surface area contributed by atoms with Crippen molar-refractivity contribution < 1.29 is 19.2 Å². The van der Waals surface area contributed by atoms with Crippen molar-refractivity contribution in [3.05, 3.63) is 64.2 Å². The number of nitro groups is 1. The maximum Gasteiger partial charge on any atom is 0.269 e. The van der Waals surface area contributed by atoms with Crippen LogP contribution in [0.1, 0.15) is 18.5 Å². The molecule has 0 heterocycles. The Morgan fingerprint density at radius 2 is 1.90 bits per heavy atom. The van der Waals surface area contributed by atoms with Gasteiger partial charge in [0, 0.05) is 24.9 Å². The molecule has 2 rings (SSSR count). The lowest BCUT2D eigenvalue weighted by Crippen LogP contribution is -2.31. The molecule has 0 fully saturated rings. The van der Waals surface area contributed by atoms with Gasteiger partial charge in [-0.2, -0.15) is 0 Å². The Hall–Kier alpha value is -3.07. The van der Waals surface area contributed by atoms with Crippen LogP contribution in [0.15, 0.2) is 48.5 Å². The topological polar surface area (TPSA) is 102 Å². The Morgan fingerprint density at radius 3 is 2.52 bits per heavy atom. The number of benzene rings is 2. The fourth-order valence-electron chi connectivity index (χ4n) is 2.54. The number of rotatable bonds is 9. The second-order valence-corrected chi connectivity index (χ2v) is 7.29. The van der Waals surface area contributed by atoms with E-state index in [2.05, 4.69) is 5.32 Å². The van der Waals surface area contributed by atoms with Crippen LogP contribution in [0.25, 0.3) is 0 Å². The molecular formula is C20H23N3O5S. The Bertz CT molecular complexity index is 873. The number of nitro benzene ring substituents is 1. The van der Waals surface area contributed by atoms with Gasteiger partial charge in [-0.15, -0.1) is 11.8 Å². The molecule has 0 radical (unpaired) electrons. The fraction of sp³-hybridized carbons (Fsp3) is 0.300. The summed E-state index contributed by atoms with van der Waals surface area (Å²) in [6.07, 6.45) is 0. The Morgan fingerprint density at radius 1 is 1.21 bits per heavy atom. The van der Waals surface area contributed by atoms with E-state index >= 15 is 0 Å². The number of thioether (sulfide) groups is 1. The van der Waals surface area contributed by atoms with Crippen LogP contribution in [0.5, 0.6) is 5.75 Å². The molecule has 154 valence electrons. The molecule has 0 saturated carbocycles. The molecule has 0 saturated heterocycles. The van der Waals surface area contributed by atoms with Gasteiger partial charge in [0.1, 0.15) is 5.75 Å². The van der Waals surface area contributed by atoms with E-state index in [1.807, 2.05) is 0 Å². The van der Waals surface area contributed by atoms with Gasteiger partial charge < -0.3 is 15.0 Å². The quantitative estimate of drug-likeness (QED) is 0.495. The van der Waals surface area contributed by atoms with Crippen molar-refractivity contribution in [3.8, 4) is 5.75 Å². The molecule has 1 N–H and O–H groups in total. The third-order valence-corrected chi connectivity index (χ3v) is 5.29. The zero-order valence-electron chi connectivity index (χ0n) is 16.5. The van der Waals surface area contributed by atoms with E-state index in [9.17, 15) is 19.7 Å². The number of ether oxygens (including phenoxy) is 1. The summed E-state index contributed by atoms with van der Waals surface area (Å²) in [5.41, 5.74) is 1.32. The molecule has 2 amide bonds. The van der Waals surface area contributed by atoms with E-state index in [0.29, 0.717) is 17.0 Å². The number of nitrogens with zero attached hydrogens (tertiary/aromatic N) is 2. The van der Waals surface area contributed by atoms with Gasteiger partial charge in [-0.25, -0.2) is 0 Å². The molecule has 9 heteroatoms. The molecule has 0 bridgehead atoms. The first-order valence-corrected chi connectivity index (χ1v) is 9.99. The second-order valence-electron chi connectivity index (χ2n) is 6.30. The first kappa shape index (κ1) is 22.2. The average Bonchev–Trinajstić information content (AvgIpc) is 2.73. The molecule has 8 nitrogen and oxygen atoms in total. The molecule has 0 aliphatic carbocycles.